The van der Waals surface area contributed by atoms with Gasteiger partial charge in [-0.15, -0.1) is 0 Å². The number of carbonyl (C=O) groups is 1. The fourth-order valence-corrected chi connectivity index (χ4v) is 3.27. The van der Waals surface area contributed by atoms with Gasteiger partial charge < -0.3 is 15.8 Å². The summed E-state index contributed by atoms with van der Waals surface area (Å²) in [6, 6.07) is -0.0276. The molecule has 1 unspecified atom stereocenters. The van der Waals surface area contributed by atoms with Crippen LogP contribution < -0.4 is 11.1 Å². The van der Waals surface area contributed by atoms with Crippen LogP contribution in [0.15, 0.2) is 0 Å². The van der Waals surface area contributed by atoms with E-state index in [0.717, 1.165) is 6.42 Å². The number of nitrogens with one attached hydrogen (secondary N) is 1. The zero-order valence-corrected chi connectivity index (χ0v) is 9.26. The van der Waals surface area contributed by atoms with Crippen molar-refractivity contribution in [1.82, 2.24) is 5.32 Å². The Balaban J connectivity index is 2.19. The molecule has 1 aliphatic heterocycles. The number of primary amides is 1. The monoisotopic (exact) mass is 236 g/mol. The molecule has 0 radical (unpaired) electrons. The quantitative estimate of drug-likeness (QED) is 0.626. The summed E-state index contributed by atoms with van der Waals surface area (Å²) in [6.45, 7) is 0.606. The lowest BCUT2D eigenvalue weighted by Gasteiger charge is -2.22. The molecule has 1 atom stereocenters. The number of nitrogens with two attached hydrogens (primary N) is 1. The lowest BCUT2D eigenvalue weighted by atomic mass is 10.2. The number of amides is 1. The average molecular weight is 236 g/mol. The molecule has 6 nitrogen and oxygen atoms in total. The zero-order chi connectivity index (χ0) is 11.3. The van der Waals surface area contributed by atoms with E-state index in [4.69, 9.17) is 5.73 Å². The van der Waals surface area contributed by atoms with Gasteiger partial charge in [0.15, 0.2) is 9.84 Å². The molecule has 15 heavy (non-hydrogen) atoms. The first-order chi connectivity index (χ1) is 6.99. The van der Waals surface area contributed by atoms with Gasteiger partial charge in [0.2, 0.25) is 0 Å². The molecule has 1 fully saturated rings. The Morgan fingerprint density at radius 2 is 2.27 bits per heavy atom. The van der Waals surface area contributed by atoms with Crippen molar-refractivity contribution >= 4 is 15.9 Å². The van der Waals surface area contributed by atoms with E-state index in [1.54, 1.807) is 0 Å². The van der Waals surface area contributed by atoms with Gasteiger partial charge in [0.1, 0.15) is 6.61 Å². The van der Waals surface area contributed by atoms with Crippen molar-refractivity contribution in [1.29, 1.82) is 0 Å². The molecular weight excluding hydrogens is 220 g/mol. The first-order valence-electron chi connectivity index (χ1n) is 4.86. The van der Waals surface area contributed by atoms with E-state index < -0.39 is 15.9 Å². The highest BCUT2D eigenvalue weighted by Crippen LogP contribution is 2.11. The van der Waals surface area contributed by atoms with E-state index in [-0.39, 0.29) is 24.2 Å². The van der Waals surface area contributed by atoms with E-state index >= 15 is 0 Å². The second-order valence-electron chi connectivity index (χ2n) is 3.58. The summed E-state index contributed by atoms with van der Waals surface area (Å²) in [7, 11) is -2.88. The predicted octanol–water partition coefficient (Wildman–Crippen LogP) is -0.751. The fourth-order valence-electron chi connectivity index (χ4n) is 1.60. The summed E-state index contributed by atoms with van der Waals surface area (Å²) < 4.78 is 27.0. The van der Waals surface area contributed by atoms with Gasteiger partial charge in [-0.1, -0.05) is 0 Å². The second-order valence-corrected chi connectivity index (χ2v) is 5.80. The molecule has 3 N–H and O–H groups in total. The Morgan fingerprint density at radius 1 is 1.53 bits per heavy atom. The smallest absolute Gasteiger partial charge is 0.404 e. The third kappa shape index (κ3) is 4.98. The first kappa shape index (κ1) is 12.3. The molecule has 0 spiro atoms. The standard InChI is InChI=1S/C8H16N2O4S/c9-8(11)14-4-3-10-7-2-1-5-15(12,13)6-7/h7,10H,1-6H2,(H2,9,11). The maximum absolute atomic E-state index is 11.3. The van der Waals surface area contributed by atoms with Gasteiger partial charge in [-0.05, 0) is 12.8 Å². The van der Waals surface area contributed by atoms with Crippen LogP contribution in [0.1, 0.15) is 12.8 Å². The van der Waals surface area contributed by atoms with Gasteiger partial charge in [-0.3, -0.25) is 0 Å². The van der Waals surface area contributed by atoms with E-state index in [0.29, 0.717) is 13.0 Å². The molecule has 0 aromatic carbocycles. The lowest BCUT2D eigenvalue weighted by Crippen LogP contribution is -2.41. The van der Waals surface area contributed by atoms with Crippen LogP contribution in [0.25, 0.3) is 0 Å². The van der Waals surface area contributed by atoms with Crippen LogP contribution in [-0.2, 0) is 14.6 Å². The van der Waals surface area contributed by atoms with Crippen LogP contribution in [0.3, 0.4) is 0 Å². The highest BCUT2D eigenvalue weighted by Gasteiger charge is 2.23. The minimum Gasteiger partial charge on any atom is -0.448 e. The fraction of sp³-hybridized carbons (Fsp3) is 0.875. The molecule has 1 saturated heterocycles. The third-order valence-corrected chi connectivity index (χ3v) is 4.06. The Hall–Kier alpha value is -0.820. The zero-order valence-electron chi connectivity index (χ0n) is 8.44. The van der Waals surface area contributed by atoms with Crippen LogP contribution in [0, 0.1) is 0 Å². The first-order valence-corrected chi connectivity index (χ1v) is 6.68. The highest BCUT2D eigenvalue weighted by molar-refractivity contribution is 7.91. The average Bonchev–Trinajstić information content (AvgIpc) is 2.10. The summed E-state index contributed by atoms with van der Waals surface area (Å²) >= 11 is 0. The highest BCUT2D eigenvalue weighted by atomic mass is 32.2. The van der Waals surface area contributed by atoms with Crippen molar-refractivity contribution < 1.29 is 17.9 Å². The number of hydrogen-bond acceptors (Lipinski definition) is 5. The molecule has 0 aromatic rings. The maximum Gasteiger partial charge on any atom is 0.404 e. The molecule has 7 heteroatoms. The normalized spacial score (nSPS) is 24.7. The Bertz CT molecular complexity index is 315. The lowest BCUT2D eigenvalue weighted by molar-refractivity contribution is 0.156. The molecule has 0 aromatic heterocycles. The number of sulfone groups is 1. The molecule has 1 aliphatic rings. The predicted molar refractivity (Wildman–Crippen MR) is 55.2 cm³/mol. The number of carbonyl (C=O) groups excluding carboxylic acids is 1. The molecular formula is C8H16N2O4S. The summed E-state index contributed by atoms with van der Waals surface area (Å²) in [4.78, 5) is 10.2. The number of rotatable bonds is 4. The SMILES string of the molecule is NC(=O)OCCNC1CCCS(=O)(=O)C1. The van der Waals surface area contributed by atoms with Gasteiger partial charge in [-0.2, -0.15) is 0 Å². The summed E-state index contributed by atoms with van der Waals surface area (Å²) in [5.74, 6) is 0.451. The molecule has 1 rings (SSSR count). The van der Waals surface area contributed by atoms with Crippen molar-refractivity contribution in [3.05, 3.63) is 0 Å². The minimum absolute atomic E-state index is 0.0276. The topological polar surface area (TPSA) is 98.5 Å². The van der Waals surface area contributed by atoms with Gasteiger partial charge in [0.25, 0.3) is 0 Å². The number of hydrogen-bond donors (Lipinski definition) is 2. The van der Waals surface area contributed by atoms with Crippen LogP contribution in [0.5, 0.6) is 0 Å². The molecule has 88 valence electrons. The number of ether oxygens (including phenoxy) is 1. The van der Waals surface area contributed by atoms with Gasteiger partial charge in [0.05, 0.1) is 11.5 Å². The largest absolute Gasteiger partial charge is 0.448 e. The maximum atomic E-state index is 11.3. The van der Waals surface area contributed by atoms with Gasteiger partial charge in [-0.25, -0.2) is 13.2 Å². The van der Waals surface area contributed by atoms with E-state index in [1.807, 2.05) is 0 Å². The Labute approximate surface area is 89.1 Å². The van der Waals surface area contributed by atoms with E-state index in [9.17, 15) is 13.2 Å². The van der Waals surface area contributed by atoms with Crippen LogP contribution in [0.2, 0.25) is 0 Å². The Kier molecular flexibility index (Phi) is 4.34. The molecule has 0 saturated carbocycles. The minimum atomic E-state index is -2.88. The molecule has 0 aliphatic carbocycles. The van der Waals surface area contributed by atoms with Crippen molar-refractivity contribution in [2.45, 2.75) is 18.9 Å². The third-order valence-electron chi connectivity index (χ3n) is 2.24. The van der Waals surface area contributed by atoms with Crippen molar-refractivity contribution in [2.75, 3.05) is 24.7 Å². The van der Waals surface area contributed by atoms with Crippen LogP contribution >= 0.6 is 0 Å². The van der Waals surface area contributed by atoms with Crippen LogP contribution in [0.4, 0.5) is 4.79 Å². The van der Waals surface area contributed by atoms with Crippen molar-refractivity contribution in [3.63, 3.8) is 0 Å². The molecule has 0 bridgehead atoms. The Morgan fingerprint density at radius 3 is 2.87 bits per heavy atom. The van der Waals surface area contributed by atoms with Gasteiger partial charge in [0, 0.05) is 12.6 Å². The summed E-state index contributed by atoms with van der Waals surface area (Å²) in [6.07, 6.45) is 0.722. The van der Waals surface area contributed by atoms with Gasteiger partial charge >= 0.3 is 6.09 Å². The van der Waals surface area contributed by atoms with E-state index in [2.05, 4.69) is 10.1 Å². The summed E-state index contributed by atoms with van der Waals surface area (Å²) in [5, 5.41) is 3.02. The summed E-state index contributed by atoms with van der Waals surface area (Å²) in [5.41, 5.74) is 4.77. The van der Waals surface area contributed by atoms with Crippen molar-refractivity contribution in [2.24, 2.45) is 5.73 Å². The molecule has 1 heterocycles. The van der Waals surface area contributed by atoms with Crippen LogP contribution in [-0.4, -0.2) is 45.2 Å². The second kappa shape index (κ2) is 5.32. The van der Waals surface area contributed by atoms with E-state index in [1.165, 1.54) is 0 Å². The molecule has 1 amide bonds. The van der Waals surface area contributed by atoms with Crippen molar-refractivity contribution in [3.8, 4) is 0 Å².